The first-order chi connectivity index (χ1) is 8.62. The number of carbonyl (C=O) groups excluding carboxylic acids is 1. The Bertz CT molecular complexity index is 252. The second-order valence-corrected chi connectivity index (χ2v) is 6.87. The normalized spacial score (nSPS) is 19.7. The molecule has 3 N–H and O–H groups in total. The highest BCUT2D eigenvalue weighted by molar-refractivity contribution is 8.00. The zero-order chi connectivity index (χ0) is 13.4. The van der Waals surface area contributed by atoms with Gasteiger partial charge in [-0.05, 0) is 44.4 Å². The third kappa shape index (κ3) is 5.19. The summed E-state index contributed by atoms with van der Waals surface area (Å²) in [6.07, 6.45) is 9.90. The SMILES string of the molecule is CSC1(CNC(=O)CCC(C)CCN)CCCC1. The summed E-state index contributed by atoms with van der Waals surface area (Å²) in [5.74, 6) is 0.765. The minimum Gasteiger partial charge on any atom is -0.355 e. The summed E-state index contributed by atoms with van der Waals surface area (Å²) in [7, 11) is 0. The van der Waals surface area contributed by atoms with Crippen molar-refractivity contribution in [1.29, 1.82) is 0 Å². The first kappa shape index (κ1) is 15.8. The molecule has 106 valence electrons. The average molecular weight is 272 g/mol. The van der Waals surface area contributed by atoms with Crippen LogP contribution < -0.4 is 11.1 Å². The van der Waals surface area contributed by atoms with Crippen molar-refractivity contribution in [1.82, 2.24) is 5.32 Å². The van der Waals surface area contributed by atoms with Crippen LogP contribution >= 0.6 is 11.8 Å². The molecule has 0 heterocycles. The van der Waals surface area contributed by atoms with Gasteiger partial charge in [0.25, 0.3) is 0 Å². The molecule has 4 heteroatoms. The Morgan fingerprint density at radius 2 is 2.06 bits per heavy atom. The average Bonchev–Trinajstić information content (AvgIpc) is 2.84. The third-order valence-electron chi connectivity index (χ3n) is 4.08. The lowest BCUT2D eigenvalue weighted by molar-refractivity contribution is -0.121. The van der Waals surface area contributed by atoms with Gasteiger partial charge in [0.2, 0.25) is 5.91 Å². The van der Waals surface area contributed by atoms with E-state index in [0.29, 0.717) is 17.1 Å². The van der Waals surface area contributed by atoms with Gasteiger partial charge in [-0.25, -0.2) is 0 Å². The molecule has 0 aromatic heterocycles. The molecule has 0 radical (unpaired) electrons. The number of amides is 1. The van der Waals surface area contributed by atoms with Crippen LogP contribution in [0.15, 0.2) is 0 Å². The Labute approximate surface area is 116 Å². The highest BCUT2D eigenvalue weighted by Crippen LogP contribution is 2.39. The zero-order valence-electron chi connectivity index (χ0n) is 11.8. The summed E-state index contributed by atoms with van der Waals surface area (Å²) in [5.41, 5.74) is 5.51. The van der Waals surface area contributed by atoms with Crippen molar-refractivity contribution in [2.75, 3.05) is 19.3 Å². The van der Waals surface area contributed by atoms with Crippen molar-refractivity contribution >= 4 is 17.7 Å². The lowest BCUT2D eigenvalue weighted by Crippen LogP contribution is -2.38. The highest BCUT2D eigenvalue weighted by atomic mass is 32.2. The maximum Gasteiger partial charge on any atom is 0.220 e. The van der Waals surface area contributed by atoms with Crippen molar-refractivity contribution < 1.29 is 4.79 Å². The molecule has 1 atom stereocenters. The van der Waals surface area contributed by atoms with Crippen LogP contribution in [0.1, 0.15) is 51.9 Å². The van der Waals surface area contributed by atoms with E-state index in [4.69, 9.17) is 5.73 Å². The molecule has 0 spiro atoms. The van der Waals surface area contributed by atoms with Crippen LogP contribution in [0.4, 0.5) is 0 Å². The number of hydrogen-bond acceptors (Lipinski definition) is 3. The van der Waals surface area contributed by atoms with Crippen LogP contribution in [0.5, 0.6) is 0 Å². The first-order valence-electron chi connectivity index (χ1n) is 7.14. The molecule has 1 unspecified atom stereocenters. The van der Waals surface area contributed by atoms with Gasteiger partial charge in [0.05, 0.1) is 0 Å². The van der Waals surface area contributed by atoms with Crippen LogP contribution in [-0.4, -0.2) is 30.0 Å². The van der Waals surface area contributed by atoms with E-state index >= 15 is 0 Å². The van der Waals surface area contributed by atoms with Gasteiger partial charge in [-0.3, -0.25) is 4.79 Å². The second-order valence-electron chi connectivity index (χ2n) is 5.59. The van der Waals surface area contributed by atoms with E-state index < -0.39 is 0 Å². The van der Waals surface area contributed by atoms with Crippen LogP contribution in [0.3, 0.4) is 0 Å². The molecule has 0 saturated heterocycles. The van der Waals surface area contributed by atoms with Gasteiger partial charge < -0.3 is 11.1 Å². The van der Waals surface area contributed by atoms with Gasteiger partial charge >= 0.3 is 0 Å². The van der Waals surface area contributed by atoms with Crippen molar-refractivity contribution in [3.05, 3.63) is 0 Å². The van der Waals surface area contributed by atoms with Crippen molar-refractivity contribution in [3.8, 4) is 0 Å². The fourth-order valence-corrected chi connectivity index (χ4v) is 3.54. The molecule has 3 nitrogen and oxygen atoms in total. The fraction of sp³-hybridized carbons (Fsp3) is 0.929. The molecule has 1 rings (SSSR count). The van der Waals surface area contributed by atoms with Crippen molar-refractivity contribution in [2.24, 2.45) is 11.7 Å². The molecule has 1 aliphatic carbocycles. The summed E-state index contributed by atoms with van der Waals surface area (Å²) < 4.78 is 0.318. The molecular weight excluding hydrogens is 244 g/mol. The Hall–Kier alpha value is -0.220. The van der Waals surface area contributed by atoms with E-state index in [2.05, 4.69) is 18.5 Å². The molecule has 1 saturated carbocycles. The largest absolute Gasteiger partial charge is 0.355 e. The van der Waals surface area contributed by atoms with Crippen LogP contribution in [0.2, 0.25) is 0 Å². The first-order valence-corrected chi connectivity index (χ1v) is 8.36. The van der Waals surface area contributed by atoms with Crippen LogP contribution in [0, 0.1) is 5.92 Å². The van der Waals surface area contributed by atoms with Gasteiger partial charge in [0.15, 0.2) is 0 Å². The molecular formula is C14H28N2OS. The maximum atomic E-state index is 11.8. The lowest BCUT2D eigenvalue weighted by atomic mass is 10.0. The highest BCUT2D eigenvalue weighted by Gasteiger charge is 2.33. The maximum absolute atomic E-state index is 11.8. The second kappa shape index (κ2) is 8.05. The van der Waals surface area contributed by atoms with E-state index in [1.807, 2.05) is 11.8 Å². The minimum absolute atomic E-state index is 0.208. The molecule has 0 bridgehead atoms. The fourth-order valence-electron chi connectivity index (χ4n) is 2.63. The minimum atomic E-state index is 0.208. The van der Waals surface area contributed by atoms with Crippen molar-refractivity contribution in [3.63, 3.8) is 0 Å². The van der Waals surface area contributed by atoms with Gasteiger partial charge in [0.1, 0.15) is 0 Å². The summed E-state index contributed by atoms with van der Waals surface area (Å²) in [6, 6.07) is 0. The Kier molecular flexibility index (Phi) is 7.08. The summed E-state index contributed by atoms with van der Waals surface area (Å²) >= 11 is 1.92. The van der Waals surface area contributed by atoms with E-state index in [1.165, 1.54) is 25.7 Å². The summed E-state index contributed by atoms with van der Waals surface area (Å²) in [6.45, 7) is 3.73. The lowest BCUT2D eigenvalue weighted by Gasteiger charge is -2.27. The van der Waals surface area contributed by atoms with E-state index in [9.17, 15) is 4.79 Å². The Morgan fingerprint density at radius 1 is 1.39 bits per heavy atom. The molecule has 0 aliphatic heterocycles. The topological polar surface area (TPSA) is 55.1 Å². The molecule has 1 amide bonds. The quantitative estimate of drug-likeness (QED) is 0.714. The van der Waals surface area contributed by atoms with E-state index in [0.717, 1.165) is 25.9 Å². The summed E-state index contributed by atoms with van der Waals surface area (Å²) in [5, 5.41) is 3.12. The monoisotopic (exact) mass is 272 g/mol. The number of carbonyl (C=O) groups is 1. The van der Waals surface area contributed by atoms with Crippen LogP contribution in [-0.2, 0) is 4.79 Å². The molecule has 1 aliphatic rings. The predicted octanol–water partition coefficient (Wildman–Crippen LogP) is 2.54. The van der Waals surface area contributed by atoms with Gasteiger partial charge in [-0.15, -0.1) is 0 Å². The molecule has 18 heavy (non-hydrogen) atoms. The Balaban J connectivity index is 2.20. The molecule has 0 aromatic carbocycles. The Morgan fingerprint density at radius 3 is 2.61 bits per heavy atom. The smallest absolute Gasteiger partial charge is 0.220 e. The number of nitrogens with two attached hydrogens (primary N) is 1. The number of thioether (sulfide) groups is 1. The summed E-state index contributed by atoms with van der Waals surface area (Å²) in [4.78, 5) is 11.8. The van der Waals surface area contributed by atoms with Crippen molar-refractivity contribution in [2.45, 2.75) is 56.6 Å². The standard InChI is InChI=1S/C14H28N2OS/c1-12(7-10-15)5-6-13(17)16-11-14(18-2)8-3-4-9-14/h12H,3-11,15H2,1-2H3,(H,16,17). The molecule has 0 aromatic rings. The molecule has 1 fully saturated rings. The third-order valence-corrected chi connectivity index (χ3v) is 5.50. The van der Waals surface area contributed by atoms with Crippen LogP contribution in [0.25, 0.3) is 0 Å². The van der Waals surface area contributed by atoms with E-state index in [-0.39, 0.29) is 5.91 Å². The number of rotatable bonds is 8. The van der Waals surface area contributed by atoms with Gasteiger partial charge in [-0.1, -0.05) is 19.8 Å². The number of hydrogen-bond donors (Lipinski definition) is 2. The number of nitrogens with one attached hydrogen (secondary N) is 1. The van der Waals surface area contributed by atoms with Gasteiger partial charge in [0, 0.05) is 17.7 Å². The zero-order valence-corrected chi connectivity index (χ0v) is 12.7. The van der Waals surface area contributed by atoms with E-state index in [1.54, 1.807) is 0 Å². The van der Waals surface area contributed by atoms with Gasteiger partial charge in [-0.2, -0.15) is 11.8 Å². The predicted molar refractivity (Wildman–Crippen MR) is 79.8 cm³/mol.